The average Bonchev–Trinajstić information content (AvgIpc) is 3.50. The molecule has 0 atom stereocenters. The summed E-state index contributed by atoms with van der Waals surface area (Å²) in [5.74, 6) is 2.22. The van der Waals surface area contributed by atoms with E-state index >= 15 is 0 Å². The number of fused-ring (bicyclic) bond motifs is 2. The van der Waals surface area contributed by atoms with Gasteiger partial charge in [-0.25, -0.2) is 4.98 Å². The molecular formula is C24H25N9S. The molecule has 0 bridgehead atoms. The van der Waals surface area contributed by atoms with Gasteiger partial charge in [0.25, 0.3) is 0 Å². The third kappa shape index (κ3) is 3.91. The molecule has 0 radical (unpaired) electrons. The molecule has 1 N–H and O–H groups in total. The molecule has 0 spiro atoms. The smallest absolute Gasteiger partial charge is 0.233 e. The lowest BCUT2D eigenvalue weighted by molar-refractivity contribution is 0.312. The largest absolute Gasteiger partial charge is 0.354 e. The lowest BCUT2D eigenvalue weighted by Crippen LogP contribution is -2.45. The van der Waals surface area contributed by atoms with Crippen molar-refractivity contribution in [3.05, 3.63) is 60.2 Å². The SMILES string of the molecule is CN1CCN(c2cc(Nn3ncc4ccccc43)nc(N(C)c3ccc4ncsc4c3)n2)CC1. The minimum atomic E-state index is 0.624. The molecule has 3 aromatic heterocycles. The summed E-state index contributed by atoms with van der Waals surface area (Å²) in [6.45, 7) is 3.86. The van der Waals surface area contributed by atoms with Crippen LogP contribution in [0, 0.1) is 0 Å². The summed E-state index contributed by atoms with van der Waals surface area (Å²) in [7, 11) is 4.15. The van der Waals surface area contributed by atoms with E-state index in [1.807, 2.05) is 60.1 Å². The van der Waals surface area contributed by atoms with Gasteiger partial charge in [0, 0.05) is 50.4 Å². The average molecular weight is 472 g/mol. The minimum absolute atomic E-state index is 0.624. The molecule has 5 aromatic rings. The molecule has 9 nitrogen and oxygen atoms in total. The number of aromatic nitrogens is 5. The normalized spacial score (nSPS) is 14.7. The van der Waals surface area contributed by atoms with E-state index in [0.29, 0.717) is 11.8 Å². The molecule has 0 aliphatic carbocycles. The van der Waals surface area contributed by atoms with Crippen LogP contribution < -0.4 is 15.2 Å². The summed E-state index contributed by atoms with van der Waals surface area (Å²) in [6, 6.07) is 16.3. The summed E-state index contributed by atoms with van der Waals surface area (Å²) in [5, 5.41) is 5.58. The molecule has 10 heteroatoms. The Kier molecular flexibility index (Phi) is 5.23. The quantitative estimate of drug-likeness (QED) is 0.414. The van der Waals surface area contributed by atoms with Crippen molar-refractivity contribution in [3.63, 3.8) is 0 Å². The second-order valence-corrected chi connectivity index (χ2v) is 9.38. The van der Waals surface area contributed by atoms with E-state index in [4.69, 9.17) is 9.97 Å². The number of benzene rings is 2. The highest BCUT2D eigenvalue weighted by Gasteiger charge is 2.19. The van der Waals surface area contributed by atoms with Gasteiger partial charge < -0.3 is 14.7 Å². The van der Waals surface area contributed by atoms with Crippen LogP contribution in [-0.2, 0) is 0 Å². The van der Waals surface area contributed by atoms with Crippen molar-refractivity contribution in [2.24, 2.45) is 0 Å². The van der Waals surface area contributed by atoms with E-state index in [1.165, 1.54) is 0 Å². The third-order valence-corrected chi connectivity index (χ3v) is 7.02. The zero-order valence-electron chi connectivity index (χ0n) is 19.1. The van der Waals surface area contributed by atoms with Crippen molar-refractivity contribution in [2.45, 2.75) is 0 Å². The highest BCUT2D eigenvalue weighted by Crippen LogP contribution is 2.29. The Morgan fingerprint density at radius 1 is 1.00 bits per heavy atom. The number of likely N-dealkylation sites (N-methyl/N-ethyl adjacent to an activating group) is 1. The van der Waals surface area contributed by atoms with Crippen LogP contribution in [0.25, 0.3) is 21.1 Å². The first kappa shape index (κ1) is 20.8. The number of piperazine rings is 1. The Labute approximate surface area is 201 Å². The molecule has 0 amide bonds. The summed E-state index contributed by atoms with van der Waals surface area (Å²) < 4.78 is 1.14. The van der Waals surface area contributed by atoms with E-state index in [1.54, 1.807) is 16.1 Å². The summed E-state index contributed by atoms with van der Waals surface area (Å²) in [4.78, 5) is 22.6. The van der Waals surface area contributed by atoms with Crippen molar-refractivity contribution in [2.75, 3.05) is 55.5 Å². The van der Waals surface area contributed by atoms with Gasteiger partial charge in [-0.1, -0.05) is 18.2 Å². The highest BCUT2D eigenvalue weighted by atomic mass is 32.1. The van der Waals surface area contributed by atoms with E-state index in [2.05, 4.69) is 44.5 Å². The molecular weight excluding hydrogens is 446 g/mol. The molecule has 0 saturated carbocycles. The van der Waals surface area contributed by atoms with Crippen molar-refractivity contribution >= 4 is 55.7 Å². The maximum atomic E-state index is 4.96. The van der Waals surface area contributed by atoms with Crippen LogP contribution in [0.1, 0.15) is 0 Å². The number of hydrogen-bond acceptors (Lipinski definition) is 9. The standard InChI is InChI=1S/C24H25N9S/c1-30-9-11-32(12-10-30)23-14-22(29-33-20-6-4-3-5-17(20)15-26-33)27-24(28-23)31(2)18-7-8-19-21(13-18)34-16-25-19/h3-8,13-16H,9-12H2,1-2H3,(H,27,28,29). The van der Waals surface area contributed by atoms with Gasteiger partial charge in [0.2, 0.25) is 5.95 Å². The lowest BCUT2D eigenvalue weighted by atomic mass is 10.3. The molecule has 4 heterocycles. The van der Waals surface area contributed by atoms with E-state index in [-0.39, 0.29) is 0 Å². The fourth-order valence-corrected chi connectivity index (χ4v) is 4.87. The van der Waals surface area contributed by atoms with E-state index in [9.17, 15) is 0 Å². The molecule has 34 heavy (non-hydrogen) atoms. The van der Waals surface area contributed by atoms with Crippen molar-refractivity contribution < 1.29 is 0 Å². The second kappa shape index (κ2) is 8.54. The molecule has 1 aliphatic rings. The number of nitrogens with one attached hydrogen (secondary N) is 1. The first-order chi connectivity index (χ1) is 16.6. The van der Waals surface area contributed by atoms with Gasteiger partial charge in [0.1, 0.15) is 5.82 Å². The molecule has 2 aromatic carbocycles. The van der Waals surface area contributed by atoms with Gasteiger partial charge in [-0.15, -0.1) is 11.3 Å². The van der Waals surface area contributed by atoms with Crippen LogP contribution in [0.4, 0.5) is 23.3 Å². The molecule has 0 unspecified atom stereocenters. The van der Waals surface area contributed by atoms with Gasteiger partial charge in [0.15, 0.2) is 5.82 Å². The number of anilines is 4. The highest BCUT2D eigenvalue weighted by molar-refractivity contribution is 7.16. The minimum Gasteiger partial charge on any atom is -0.354 e. The summed E-state index contributed by atoms with van der Waals surface area (Å²) in [6.07, 6.45) is 1.85. The number of para-hydroxylation sites is 1. The molecule has 172 valence electrons. The number of nitrogens with zero attached hydrogens (tertiary/aromatic N) is 8. The second-order valence-electron chi connectivity index (χ2n) is 8.49. The summed E-state index contributed by atoms with van der Waals surface area (Å²) >= 11 is 1.63. The van der Waals surface area contributed by atoms with Crippen LogP contribution >= 0.6 is 11.3 Å². The predicted molar refractivity (Wildman–Crippen MR) is 138 cm³/mol. The Balaban J connectivity index is 1.39. The zero-order valence-corrected chi connectivity index (χ0v) is 19.9. The van der Waals surface area contributed by atoms with Gasteiger partial charge in [0.05, 0.1) is 27.4 Å². The Morgan fingerprint density at radius 3 is 2.74 bits per heavy atom. The Hall–Kier alpha value is -3.76. The molecule has 6 rings (SSSR count). The van der Waals surface area contributed by atoms with E-state index in [0.717, 1.165) is 58.8 Å². The maximum Gasteiger partial charge on any atom is 0.233 e. The van der Waals surface area contributed by atoms with Crippen LogP contribution in [0.3, 0.4) is 0 Å². The van der Waals surface area contributed by atoms with Crippen LogP contribution in [0.2, 0.25) is 0 Å². The fraction of sp³-hybridized carbons (Fsp3) is 0.250. The summed E-state index contributed by atoms with van der Waals surface area (Å²) in [5.41, 5.74) is 8.25. The van der Waals surface area contributed by atoms with Crippen molar-refractivity contribution in [1.29, 1.82) is 0 Å². The predicted octanol–water partition coefficient (Wildman–Crippen LogP) is 3.83. The Bertz CT molecular complexity index is 1450. The van der Waals surface area contributed by atoms with Crippen LogP contribution in [-0.4, -0.2) is 70.0 Å². The third-order valence-electron chi connectivity index (χ3n) is 6.23. The van der Waals surface area contributed by atoms with Crippen molar-refractivity contribution in [1.82, 2.24) is 29.7 Å². The number of thiazole rings is 1. The monoisotopic (exact) mass is 471 g/mol. The number of rotatable bonds is 5. The lowest BCUT2D eigenvalue weighted by Gasteiger charge is -2.33. The van der Waals surface area contributed by atoms with Gasteiger partial charge in [-0.05, 0) is 31.3 Å². The number of hydrogen-bond donors (Lipinski definition) is 1. The zero-order chi connectivity index (χ0) is 23.1. The molecule has 1 saturated heterocycles. The first-order valence-electron chi connectivity index (χ1n) is 11.2. The fourth-order valence-electron chi connectivity index (χ4n) is 4.16. The maximum absolute atomic E-state index is 4.96. The topological polar surface area (TPSA) is 78.2 Å². The van der Waals surface area contributed by atoms with Crippen LogP contribution in [0.5, 0.6) is 0 Å². The van der Waals surface area contributed by atoms with Crippen molar-refractivity contribution in [3.8, 4) is 0 Å². The van der Waals surface area contributed by atoms with E-state index < -0.39 is 0 Å². The van der Waals surface area contributed by atoms with Gasteiger partial charge in [-0.3, -0.25) is 5.43 Å². The van der Waals surface area contributed by atoms with Crippen LogP contribution in [0.15, 0.2) is 60.2 Å². The Morgan fingerprint density at radius 2 is 1.85 bits per heavy atom. The molecule has 1 aliphatic heterocycles. The van der Waals surface area contributed by atoms with Gasteiger partial charge in [-0.2, -0.15) is 19.9 Å². The molecule has 1 fully saturated rings. The first-order valence-corrected chi connectivity index (χ1v) is 12.1. The van der Waals surface area contributed by atoms with Gasteiger partial charge >= 0.3 is 0 Å².